The molecule has 0 aliphatic rings. The van der Waals surface area contributed by atoms with Gasteiger partial charge in [-0.1, -0.05) is 60.3 Å². The highest BCUT2D eigenvalue weighted by atomic mass is 32.2. The Bertz CT molecular complexity index is 1180. The average Bonchev–Trinajstić information content (AvgIpc) is 3.08. The fourth-order valence-electron chi connectivity index (χ4n) is 3.23. The number of benzene rings is 3. The van der Waals surface area contributed by atoms with Crippen LogP contribution in [-0.4, -0.2) is 25.9 Å². The second-order valence-corrected chi connectivity index (χ2v) is 8.27. The maximum absolute atomic E-state index is 12.8. The van der Waals surface area contributed by atoms with E-state index in [4.69, 9.17) is 0 Å². The maximum atomic E-state index is 12.8. The van der Waals surface area contributed by atoms with Gasteiger partial charge in [-0.25, -0.2) is 0 Å². The van der Waals surface area contributed by atoms with Crippen LogP contribution in [0.2, 0.25) is 0 Å². The highest BCUT2D eigenvalue weighted by molar-refractivity contribution is 8.00. The standard InChI is InChI=1S/C23H22N4OS/c1-15-8-4-7-11-21(15)27-17(3)25-26-23(27)29-16(2)22(28)24-20-13-12-18-9-5-6-10-19(18)14-20/h4-14,16H,1-3H3,(H,24,28). The van der Waals surface area contributed by atoms with Crippen LogP contribution in [0, 0.1) is 13.8 Å². The van der Waals surface area contributed by atoms with Crippen molar-refractivity contribution in [2.45, 2.75) is 31.2 Å². The van der Waals surface area contributed by atoms with Crippen LogP contribution in [0.25, 0.3) is 16.5 Å². The van der Waals surface area contributed by atoms with Crippen LogP contribution in [0.5, 0.6) is 0 Å². The highest BCUT2D eigenvalue weighted by Gasteiger charge is 2.20. The Hall–Kier alpha value is -3.12. The maximum Gasteiger partial charge on any atom is 0.237 e. The van der Waals surface area contributed by atoms with Gasteiger partial charge < -0.3 is 5.32 Å². The third kappa shape index (κ3) is 4.03. The lowest BCUT2D eigenvalue weighted by atomic mass is 10.1. The lowest BCUT2D eigenvalue weighted by Crippen LogP contribution is -2.23. The fraction of sp³-hybridized carbons (Fsp3) is 0.174. The zero-order valence-corrected chi connectivity index (χ0v) is 17.4. The van der Waals surface area contributed by atoms with Gasteiger partial charge in [-0.05, 0) is 55.3 Å². The van der Waals surface area contributed by atoms with Crippen LogP contribution in [0.1, 0.15) is 18.3 Å². The van der Waals surface area contributed by atoms with E-state index in [1.54, 1.807) is 0 Å². The van der Waals surface area contributed by atoms with Crippen molar-refractivity contribution in [1.29, 1.82) is 0 Å². The summed E-state index contributed by atoms with van der Waals surface area (Å²) in [5.41, 5.74) is 2.95. The summed E-state index contributed by atoms with van der Waals surface area (Å²) in [6, 6.07) is 22.1. The SMILES string of the molecule is Cc1ccccc1-n1c(C)nnc1SC(C)C(=O)Nc1ccc2ccccc2c1. The van der Waals surface area contributed by atoms with Crippen LogP contribution in [0.4, 0.5) is 5.69 Å². The summed E-state index contributed by atoms with van der Waals surface area (Å²) in [7, 11) is 0. The summed E-state index contributed by atoms with van der Waals surface area (Å²) in [6.07, 6.45) is 0. The molecule has 0 fully saturated rings. The molecule has 5 nitrogen and oxygen atoms in total. The number of para-hydroxylation sites is 1. The first kappa shape index (κ1) is 19.2. The molecule has 1 unspecified atom stereocenters. The molecule has 0 spiro atoms. The minimum absolute atomic E-state index is 0.0673. The fourth-order valence-corrected chi connectivity index (χ4v) is 4.14. The molecular weight excluding hydrogens is 380 g/mol. The van der Waals surface area contributed by atoms with E-state index in [0.717, 1.165) is 33.5 Å². The van der Waals surface area contributed by atoms with E-state index in [2.05, 4.69) is 34.6 Å². The van der Waals surface area contributed by atoms with Crippen LogP contribution in [-0.2, 0) is 4.79 Å². The zero-order chi connectivity index (χ0) is 20.4. The molecule has 6 heteroatoms. The van der Waals surface area contributed by atoms with Crippen molar-refractivity contribution in [2.75, 3.05) is 5.32 Å². The molecule has 1 amide bonds. The van der Waals surface area contributed by atoms with E-state index in [9.17, 15) is 4.79 Å². The number of hydrogen-bond donors (Lipinski definition) is 1. The van der Waals surface area contributed by atoms with Gasteiger partial charge in [-0.15, -0.1) is 10.2 Å². The van der Waals surface area contributed by atoms with Crippen molar-refractivity contribution >= 4 is 34.1 Å². The number of nitrogens with zero attached hydrogens (tertiary/aromatic N) is 3. The Morgan fingerprint density at radius 2 is 1.69 bits per heavy atom. The first-order valence-electron chi connectivity index (χ1n) is 9.47. The van der Waals surface area contributed by atoms with E-state index in [-0.39, 0.29) is 11.2 Å². The summed E-state index contributed by atoms with van der Waals surface area (Å²) >= 11 is 1.40. The molecule has 0 saturated heterocycles. The van der Waals surface area contributed by atoms with Crippen LogP contribution in [0.15, 0.2) is 71.9 Å². The van der Waals surface area contributed by atoms with E-state index in [0.29, 0.717) is 5.16 Å². The van der Waals surface area contributed by atoms with Gasteiger partial charge in [-0.2, -0.15) is 0 Å². The van der Waals surface area contributed by atoms with Gasteiger partial charge in [0.25, 0.3) is 0 Å². The normalized spacial score (nSPS) is 12.1. The largest absolute Gasteiger partial charge is 0.325 e. The molecule has 1 N–H and O–H groups in total. The van der Waals surface area contributed by atoms with E-state index in [1.165, 1.54) is 11.8 Å². The number of aromatic nitrogens is 3. The first-order valence-corrected chi connectivity index (χ1v) is 10.4. The monoisotopic (exact) mass is 402 g/mol. The summed E-state index contributed by atoms with van der Waals surface area (Å²) in [5, 5.41) is 14.2. The Morgan fingerprint density at radius 1 is 0.966 bits per heavy atom. The van der Waals surface area contributed by atoms with Crippen molar-refractivity contribution in [2.24, 2.45) is 0 Å². The average molecular weight is 403 g/mol. The van der Waals surface area contributed by atoms with Gasteiger partial charge in [0.15, 0.2) is 5.16 Å². The molecule has 0 saturated carbocycles. The molecule has 4 rings (SSSR count). The third-order valence-corrected chi connectivity index (χ3v) is 5.86. The van der Waals surface area contributed by atoms with Crippen LogP contribution in [0.3, 0.4) is 0 Å². The van der Waals surface area contributed by atoms with Crippen molar-refractivity contribution in [3.63, 3.8) is 0 Å². The molecule has 1 heterocycles. The predicted octanol–water partition coefficient (Wildman–Crippen LogP) is 5.16. The molecule has 146 valence electrons. The molecule has 0 bridgehead atoms. The Kier molecular flexibility index (Phi) is 5.36. The lowest BCUT2D eigenvalue weighted by Gasteiger charge is -2.14. The number of aryl methyl sites for hydroxylation is 2. The number of hydrogen-bond acceptors (Lipinski definition) is 4. The van der Waals surface area contributed by atoms with E-state index < -0.39 is 0 Å². The van der Waals surface area contributed by atoms with Crippen LogP contribution < -0.4 is 5.32 Å². The zero-order valence-electron chi connectivity index (χ0n) is 16.6. The smallest absolute Gasteiger partial charge is 0.237 e. The summed E-state index contributed by atoms with van der Waals surface area (Å²) in [6.45, 7) is 5.86. The molecule has 3 aromatic carbocycles. The van der Waals surface area contributed by atoms with Gasteiger partial charge in [-0.3, -0.25) is 9.36 Å². The first-order chi connectivity index (χ1) is 14.0. The van der Waals surface area contributed by atoms with Gasteiger partial charge in [0, 0.05) is 5.69 Å². The molecule has 0 radical (unpaired) electrons. The number of fused-ring (bicyclic) bond motifs is 1. The van der Waals surface area contributed by atoms with Gasteiger partial charge >= 0.3 is 0 Å². The number of nitrogens with one attached hydrogen (secondary N) is 1. The van der Waals surface area contributed by atoms with Gasteiger partial charge in [0.1, 0.15) is 5.82 Å². The predicted molar refractivity (Wildman–Crippen MR) is 119 cm³/mol. The minimum atomic E-state index is -0.326. The van der Waals surface area contributed by atoms with Gasteiger partial charge in [0.2, 0.25) is 5.91 Å². The van der Waals surface area contributed by atoms with Gasteiger partial charge in [0.05, 0.1) is 10.9 Å². The molecule has 1 atom stereocenters. The van der Waals surface area contributed by atoms with Crippen molar-refractivity contribution in [1.82, 2.24) is 14.8 Å². The molecule has 0 aliphatic heterocycles. The molecular formula is C23H22N4OS. The number of amides is 1. The summed E-state index contributed by atoms with van der Waals surface area (Å²) in [5.74, 6) is 0.728. The molecule has 29 heavy (non-hydrogen) atoms. The van der Waals surface area contributed by atoms with Crippen molar-refractivity contribution < 1.29 is 4.79 Å². The summed E-state index contributed by atoms with van der Waals surface area (Å²) in [4.78, 5) is 12.8. The number of anilines is 1. The second-order valence-electron chi connectivity index (χ2n) is 6.96. The quantitative estimate of drug-likeness (QED) is 0.469. The highest BCUT2D eigenvalue weighted by Crippen LogP contribution is 2.28. The summed E-state index contributed by atoms with van der Waals surface area (Å²) < 4.78 is 2.00. The van der Waals surface area contributed by atoms with Crippen molar-refractivity contribution in [3.05, 3.63) is 78.1 Å². The second kappa shape index (κ2) is 8.09. The number of thioether (sulfide) groups is 1. The lowest BCUT2D eigenvalue weighted by molar-refractivity contribution is -0.115. The Balaban J connectivity index is 1.53. The third-order valence-electron chi connectivity index (χ3n) is 4.82. The molecule has 0 aliphatic carbocycles. The number of carbonyl (C=O) groups is 1. The number of carbonyl (C=O) groups excluding carboxylic acids is 1. The van der Waals surface area contributed by atoms with E-state index in [1.807, 2.05) is 73.0 Å². The minimum Gasteiger partial charge on any atom is -0.325 e. The Morgan fingerprint density at radius 3 is 2.48 bits per heavy atom. The molecule has 4 aromatic rings. The van der Waals surface area contributed by atoms with Crippen molar-refractivity contribution in [3.8, 4) is 5.69 Å². The van der Waals surface area contributed by atoms with E-state index >= 15 is 0 Å². The molecule has 1 aromatic heterocycles. The van der Waals surface area contributed by atoms with Crippen LogP contribution >= 0.6 is 11.8 Å². The topological polar surface area (TPSA) is 59.8 Å². The number of rotatable bonds is 5. The Labute approximate surface area is 174 Å².